The van der Waals surface area contributed by atoms with Crippen LogP contribution >= 0.6 is 0 Å². The van der Waals surface area contributed by atoms with Crippen molar-refractivity contribution in [1.82, 2.24) is 10.2 Å². The van der Waals surface area contributed by atoms with Gasteiger partial charge >= 0.3 is 0 Å². The second-order valence-electron chi connectivity index (χ2n) is 6.84. The van der Waals surface area contributed by atoms with E-state index in [4.69, 9.17) is 14.2 Å². The molecule has 2 heterocycles. The van der Waals surface area contributed by atoms with Crippen molar-refractivity contribution in [3.05, 3.63) is 17.7 Å². The molecule has 0 radical (unpaired) electrons. The van der Waals surface area contributed by atoms with Crippen molar-refractivity contribution in [2.45, 2.75) is 38.3 Å². The number of hydrogen-bond donors (Lipinski definition) is 1. The second kappa shape index (κ2) is 8.08. The van der Waals surface area contributed by atoms with Gasteiger partial charge in [-0.25, -0.2) is 0 Å². The minimum atomic E-state index is 0.712. The Morgan fingerprint density at radius 1 is 0.958 bits per heavy atom. The van der Waals surface area contributed by atoms with E-state index in [-0.39, 0.29) is 0 Å². The van der Waals surface area contributed by atoms with Crippen LogP contribution in [0, 0.1) is 5.92 Å². The smallest absolute Gasteiger partial charge is 0.164 e. The first-order valence-electron chi connectivity index (χ1n) is 8.99. The minimum Gasteiger partial charge on any atom is -0.496 e. The molecule has 0 saturated carbocycles. The zero-order chi connectivity index (χ0) is 16.9. The minimum absolute atomic E-state index is 0.712. The molecule has 5 nitrogen and oxygen atoms in total. The predicted octanol–water partition coefficient (Wildman–Crippen LogP) is 2.68. The van der Waals surface area contributed by atoms with E-state index in [9.17, 15) is 0 Å². The van der Waals surface area contributed by atoms with Crippen molar-refractivity contribution >= 4 is 0 Å². The first kappa shape index (κ1) is 17.4. The monoisotopic (exact) mass is 334 g/mol. The molecule has 24 heavy (non-hydrogen) atoms. The van der Waals surface area contributed by atoms with Gasteiger partial charge < -0.3 is 19.5 Å². The Morgan fingerprint density at radius 3 is 2.21 bits per heavy atom. The lowest BCUT2D eigenvalue weighted by Crippen LogP contribution is -2.40. The molecule has 1 unspecified atom stereocenters. The summed E-state index contributed by atoms with van der Waals surface area (Å²) in [5, 5.41) is 3.67. The maximum absolute atomic E-state index is 5.56. The van der Waals surface area contributed by atoms with Crippen molar-refractivity contribution in [2.24, 2.45) is 5.92 Å². The first-order chi connectivity index (χ1) is 11.7. The summed E-state index contributed by atoms with van der Waals surface area (Å²) >= 11 is 0. The molecule has 0 spiro atoms. The third-order valence-electron chi connectivity index (χ3n) is 5.48. The van der Waals surface area contributed by atoms with Crippen LogP contribution in [0.1, 0.15) is 31.2 Å². The van der Waals surface area contributed by atoms with E-state index in [0.717, 1.165) is 48.7 Å². The summed E-state index contributed by atoms with van der Waals surface area (Å²) in [6.07, 6.45) is 5.27. The van der Waals surface area contributed by atoms with Gasteiger partial charge in [-0.05, 0) is 57.3 Å². The Bertz CT molecular complexity index is 536. The number of piperidine rings is 1. The lowest BCUT2D eigenvalue weighted by molar-refractivity contribution is 0.156. The molecule has 1 atom stereocenters. The third-order valence-corrected chi connectivity index (χ3v) is 5.48. The van der Waals surface area contributed by atoms with Gasteiger partial charge in [0.05, 0.1) is 21.3 Å². The molecular formula is C19H30N2O3. The molecule has 2 fully saturated rings. The summed E-state index contributed by atoms with van der Waals surface area (Å²) in [6, 6.07) is 4.72. The molecule has 2 aliphatic heterocycles. The van der Waals surface area contributed by atoms with Gasteiger partial charge in [0, 0.05) is 24.2 Å². The molecule has 5 heteroatoms. The molecule has 1 aromatic rings. The summed E-state index contributed by atoms with van der Waals surface area (Å²) in [5.41, 5.74) is 1.16. The molecule has 1 aromatic carbocycles. The molecule has 2 saturated heterocycles. The van der Waals surface area contributed by atoms with Gasteiger partial charge in [-0.2, -0.15) is 0 Å². The summed E-state index contributed by atoms with van der Waals surface area (Å²) in [4.78, 5) is 2.52. The van der Waals surface area contributed by atoms with Gasteiger partial charge in [0.1, 0.15) is 5.75 Å². The maximum atomic E-state index is 5.56. The zero-order valence-electron chi connectivity index (χ0n) is 15.1. The van der Waals surface area contributed by atoms with E-state index < -0.39 is 0 Å². The van der Waals surface area contributed by atoms with Crippen LogP contribution in [0.5, 0.6) is 17.2 Å². The van der Waals surface area contributed by atoms with Crippen molar-refractivity contribution in [3.8, 4) is 17.2 Å². The van der Waals surface area contributed by atoms with E-state index in [0.29, 0.717) is 5.75 Å². The lowest BCUT2D eigenvalue weighted by Gasteiger charge is -2.35. The van der Waals surface area contributed by atoms with Crippen LogP contribution in [0.2, 0.25) is 0 Å². The van der Waals surface area contributed by atoms with Crippen LogP contribution in [0.4, 0.5) is 0 Å². The van der Waals surface area contributed by atoms with Crippen molar-refractivity contribution in [1.29, 1.82) is 0 Å². The fourth-order valence-electron chi connectivity index (χ4n) is 4.08. The lowest BCUT2D eigenvalue weighted by atomic mass is 9.88. The summed E-state index contributed by atoms with van der Waals surface area (Å²) in [6.45, 7) is 4.41. The number of hydrogen-bond acceptors (Lipinski definition) is 5. The zero-order valence-corrected chi connectivity index (χ0v) is 15.1. The van der Waals surface area contributed by atoms with E-state index in [2.05, 4.69) is 10.2 Å². The standard InChI is InChI=1S/C19H30N2O3/c1-22-17-12-19(24-3)18(23-2)11-15(17)13-21-9-6-14(7-10-21)16-5-4-8-20-16/h11-12,14,16,20H,4-10,13H2,1-3H3. The Balaban J connectivity index is 1.63. The highest BCUT2D eigenvalue weighted by Crippen LogP contribution is 2.36. The summed E-state index contributed by atoms with van der Waals surface area (Å²) in [5.74, 6) is 3.19. The molecule has 0 aromatic heterocycles. The predicted molar refractivity (Wildman–Crippen MR) is 95.1 cm³/mol. The van der Waals surface area contributed by atoms with Crippen LogP contribution in [-0.4, -0.2) is 51.9 Å². The number of nitrogens with one attached hydrogen (secondary N) is 1. The van der Waals surface area contributed by atoms with Crippen molar-refractivity contribution < 1.29 is 14.2 Å². The van der Waals surface area contributed by atoms with Gasteiger partial charge in [-0.1, -0.05) is 0 Å². The Morgan fingerprint density at radius 2 is 1.62 bits per heavy atom. The molecule has 0 amide bonds. The highest BCUT2D eigenvalue weighted by Gasteiger charge is 2.28. The first-order valence-corrected chi connectivity index (χ1v) is 8.99. The molecule has 3 rings (SSSR count). The Kier molecular flexibility index (Phi) is 5.85. The van der Waals surface area contributed by atoms with Crippen LogP contribution in [0.25, 0.3) is 0 Å². The maximum Gasteiger partial charge on any atom is 0.164 e. The van der Waals surface area contributed by atoms with E-state index in [1.165, 1.54) is 32.2 Å². The van der Waals surface area contributed by atoms with Crippen LogP contribution in [0.3, 0.4) is 0 Å². The summed E-state index contributed by atoms with van der Waals surface area (Å²) < 4.78 is 16.4. The van der Waals surface area contributed by atoms with Gasteiger partial charge in [0.25, 0.3) is 0 Å². The van der Waals surface area contributed by atoms with Crippen LogP contribution in [-0.2, 0) is 6.54 Å². The van der Waals surface area contributed by atoms with Crippen LogP contribution in [0.15, 0.2) is 12.1 Å². The average molecular weight is 334 g/mol. The number of methoxy groups -OCH3 is 3. The number of rotatable bonds is 6. The fraction of sp³-hybridized carbons (Fsp3) is 0.684. The normalized spacial score (nSPS) is 22.5. The quantitative estimate of drug-likeness (QED) is 0.866. The molecule has 1 N–H and O–H groups in total. The third kappa shape index (κ3) is 3.78. The molecular weight excluding hydrogens is 304 g/mol. The topological polar surface area (TPSA) is 43.0 Å². The number of nitrogens with zero attached hydrogens (tertiary/aromatic N) is 1. The summed E-state index contributed by atoms with van der Waals surface area (Å²) in [7, 11) is 5.04. The van der Waals surface area contributed by atoms with E-state index >= 15 is 0 Å². The largest absolute Gasteiger partial charge is 0.496 e. The van der Waals surface area contributed by atoms with E-state index in [1.54, 1.807) is 21.3 Å². The van der Waals surface area contributed by atoms with Gasteiger partial charge in [0.2, 0.25) is 0 Å². The highest BCUT2D eigenvalue weighted by molar-refractivity contribution is 5.50. The average Bonchev–Trinajstić information content (AvgIpc) is 3.16. The Labute approximate surface area is 145 Å². The fourth-order valence-corrected chi connectivity index (χ4v) is 4.08. The van der Waals surface area contributed by atoms with E-state index in [1.807, 2.05) is 12.1 Å². The Hall–Kier alpha value is -1.46. The molecule has 2 aliphatic rings. The number of ether oxygens (including phenoxy) is 3. The molecule has 134 valence electrons. The number of likely N-dealkylation sites (tertiary alicyclic amines) is 1. The van der Waals surface area contributed by atoms with Gasteiger partial charge in [0.15, 0.2) is 11.5 Å². The number of benzene rings is 1. The van der Waals surface area contributed by atoms with Gasteiger partial charge in [-0.3, -0.25) is 4.90 Å². The molecule has 0 bridgehead atoms. The highest BCUT2D eigenvalue weighted by atomic mass is 16.5. The SMILES string of the molecule is COc1cc(OC)c(OC)cc1CN1CCC(C2CCCN2)CC1. The van der Waals surface area contributed by atoms with Crippen molar-refractivity contribution in [3.63, 3.8) is 0 Å². The molecule has 0 aliphatic carbocycles. The van der Waals surface area contributed by atoms with Gasteiger partial charge in [-0.15, -0.1) is 0 Å². The van der Waals surface area contributed by atoms with Crippen molar-refractivity contribution in [2.75, 3.05) is 41.0 Å². The second-order valence-corrected chi connectivity index (χ2v) is 6.84. The van der Waals surface area contributed by atoms with Crippen LogP contribution < -0.4 is 19.5 Å².